The van der Waals surface area contributed by atoms with Crippen molar-refractivity contribution in [3.05, 3.63) is 23.4 Å². The Balaban J connectivity index is 3.39. The number of aryl methyl sites for hydroxylation is 1. The number of nitrogens with zero attached hydrogens (tertiary/aromatic N) is 3. The first-order chi connectivity index (χ1) is 9.96. The van der Waals surface area contributed by atoms with E-state index in [2.05, 4.69) is 42.7 Å². The van der Waals surface area contributed by atoms with E-state index in [0.29, 0.717) is 12.0 Å². The maximum atomic E-state index is 9.07. The molecule has 3 N–H and O–H groups in total. The summed E-state index contributed by atoms with van der Waals surface area (Å²) in [4.78, 5) is 6.83. The van der Waals surface area contributed by atoms with E-state index in [4.69, 9.17) is 10.9 Å². The first-order valence-corrected chi connectivity index (χ1v) is 7.66. The molecule has 0 amide bonds. The van der Waals surface area contributed by atoms with Gasteiger partial charge in [0, 0.05) is 18.8 Å². The maximum absolute atomic E-state index is 9.07. The maximum Gasteiger partial charge on any atom is 0.174 e. The summed E-state index contributed by atoms with van der Waals surface area (Å²) in [5, 5.41) is 12.3. The van der Waals surface area contributed by atoms with E-state index >= 15 is 0 Å². The van der Waals surface area contributed by atoms with Crippen LogP contribution < -0.4 is 10.6 Å². The van der Waals surface area contributed by atoms with Crippen LogP contribution in [0.15, 0.2) is 17.4 Å². The van der Waals surface area contributed by atoms with E-state index in [1.54, 1.807) is 6.20 Å². The molecule has 1 heterocycles. The van der Waals surface area contributed by atoms with Crippen molar-refractivity contribution in [1.82, 2.24) is 4.98 Å². The lowest BCUT2D eigenvalue weighted by molar-refractivity contribution is 0.318. The number of oxime groups is 1. The molecule has 0 aliphatic rings. The molecular weight excluding hydrogens is 264 g/mol. The van der Waals surface area contributed by atoms with Crippen molar-refractivity contribution < 1.29 is 5.21 Å². The Morgan fingerprint density at radius 3 is 2.48 bits per heavy atom. The molecule has 0 aliphatic heterocycles. The molecule has 0 saturated heterocycles. The molecule has 0 atom stereocenters. The van der Waals surface area contributed by atoms with E-state index in [9.17, 15) is 0 Å². The summed E-state index contributed by atoms with van der Waals surface area (Å²) >= 11 is 0. The van der Waals surface area contributed by atoms with Crippen molar-refractivity contribution in [3.8, 4) is 0 Å². The Bertz CT molecular complexity index is 481. The molecule has 118 valence electrons. The second-order valence-electron chi connectivity index (χ2n) is 5.83. The fourth-order valence-electron chi connectivity index (χ4n) is 2.66. The van der Waals surface area contributed by atoms with E-state index in [1.165, 1.54) is 0 Å². The molecule has 0 fully saturated rings. The van der Waals surface area contributed by atoms with Crippen molar-refractivity contribution in [2.24, 2.45) is 16.8 Å². The number of rotatable bonds is 7. The standard InChI is InChI=1S/C16H28N4O/c1-6-13(7-2)20(10-11(3)4)16-14(15(17)19-21)12(5)8-9-18-16/h8-9,11,13,21H,6-7,10H2,1-5H3,(H2,17,19). The van der Waals surface area contributed by atoms with Crippen LogP contribution in [0.25, 0.3) is 0 Å². The molecule has 1 aromatic rings. The average molecular weight is 292 g/mol. The van der Waals surface area contributed by atoms with Gasteiger partial charge in [0.05, 0.1) is 5.56 Å². The lowest BCUT2D eigenvalue weighted by Crippen LogP contribution is -2.39. The first-order valence-electron chi connectivity index (χ1n) is 7.66. The molecule has 0 unspecified atom stereocenters. The van der Waals surface area contributed by atoms with E-state index < -0.39 is 0 Å². The lowest BCUT2D eigenvalue weighted by Gasteiger charge is -2.34. The summed E-state index contributed by atoms with van der Waals surface area (Å²) in [6, 6.07) is 2.28. The predicted octanol–water partition coefficient (Wildman–Crippen LogP) is 3.14. The zero-order valence-electron chi connectivity index (χ0n) is 13.8. The fourth-order valence-corrected chi connectivity index (χ4v) is 2.66. The topological polar surface area (TPSA) is 74.7 Å². The van der Waals surface area contributed by atoms with Crippen LogP contribution in [-0.4, -0.2) is 28.6 Å². The smallest absolute Gasteiger partial charge is 0.174 e. The number of hydrogen-bond acceptors (Lipinski definition) is 4. The number of hydrogen-bond donors (Lipinski definition) is 2. The van der Waals surface area contributed by atoms with Gasteiger partial charge in [-0.25, -0.2) is 4.98 Å². The van der Waals surface area contributed by atoms with E-state index in [1.807, 2.05) is 13.0 Å². The summed E-state index contributed by atoms with van der Waals surface area (Å²) in [5.74, 6) is 1.44. The number of aromatic nitrogens is 1. The van der Waals surface area contributed by atoms with Gasteiger partial charge in [0.1, 0.15) is 5.82 Å². The molecule has 5 nitrogen and oxygen atoms in total. The van der Waals surface area contributed by atoms with Gasteiger partial charge in [-0.05, 0) is 37.3 Å². The Morgan fingerprint density at radius 2 is 2.00 bits per heavy atom. The Labute approximate surface area is 127 Å². The Kier molecular flexibility index (Phi) is 6.46. The second-order valence-corrected chi connectivity index (χ2v) is 5.83. The number of anilines is 1. The highest BCUT2D eigenvalue weighted by atomic mass is 16.4. The minimum absolute atomic E-state index is 0.121. The number of pyridine rings is 1. The number of nitrogens with two attached hydrogens (primary N) is 1. The van der Waals surface area contributed by atoms with Gasteiger partial charge in [-0.2, -0.15) is 0 Å². The van der Waals surface area contributed by atoms with Crippen molar-refractivity contribution >= 4 is 11.7 Å². The molecule has 21 heavy (non-hydrogen) atoms. The van der Waals surface area contributed by atoms with Crippen molar-refractivity contribution in [3.63, 3.8) is 0 Å². The van der Waals surface area contributed by atoms with Gasteiger partial charge < -0.3 is 15.8 Å². The van der Waals surface area contributed by atoms with Gasteiger partial charge in [-0.15, -0.1) is 0 Å². The Morgan fingerprint density at radius 1 is 1.38 bits per heavy atom. The van der Waals surface area contributed by atoms with Crippen molar-refractivity contribution in [2.45, 2.75) is 53.5 Å². The molecule has 0 spiro atoms. The van der Waals surface area contributed by atoms with Crippen LogP contribution in [0.4, 0.5) is 5.82 Å². The molecule has 0 aliphatic carbocycles. The minimum Gasteiger partial charge on any atom is -0.409 e. The van der Waals surface area contributed by atoms with Crippen LogP contribution in [0.1, 0.15) is 51.7 Å². The van der Waals surface area contributed by atoms with E-state index in [-0.39, 0.29) is 5.84 Å². The second kappa shape index (κ2) is 7.86. The highest BCUT2D eigenvalue weighted by Crippen LogP contribution is 2.26. The zero-order chi connectivity index (χ0) is 16.0. The molecule has 0 aromatic carbocycles. The van der Waals surface area contributed by atoms with Gasteiger partial charge in [-0.3, -0.25) is 0 Å². The highest BCUT2D eigenvalue weighted by molar-refractivity contribution is 6.02. The van der Waals surface area contributed by atoms with Crippen LogP contribution in [0, 0.1) is 12.8 Å². The van der Waals surface area contributed by atoms with Gasteiger partial charge >= 0.3 is 0 Å². The third-order valence-electron chi connectivity index (χ3n) is 3.72. The predicted molar refractivity (Wildman–Crippen MR) is 88.0 cm³/mol. The molecule has 1 aromatic heterocycles. The summed E-state index contributed by atoms with van der Waals surface area (Å²) in [5.41, 5.74) is 7.58. The van der Waals surface area contributed by atoms with Crippen LogP contribution in [0.3, 0.4) is 0 Å². The van der Waals surface area contributed by atoms with Crippen LogP contribution >= 0.6 is 0 Å². The number of amidine groups is 1. The molecule has 0 radical (unpaired) electrons. The van der Waals surface area contributed by atoms with E-state index in [0.717, 1.165) is 36.3 Å². The fraction of sp³-hybridized carbons (Fsp3) is 0.625. The molecular formula is C16H28N4O. The van der Waals surface area contributed by atoms with Crippen LogP contribution in [-0.2, 0) is 0 Å². The van der Waals surface area contributed by atoms with Gasteiger partial charge in [-0.1, -0.05) is 32.9 Å². The van der Waals surface area contributed by atoms with Gasteiger partial charge in [0.15, 0.2) is 5.84 Å². The summed E-state index contributed by atoms with van der Waals surface area (Å²) < 4.78 is 0. The first kappa shape index (κ1) is 17.3. The molecule has 5 heteroatoms. The summed E-state index contributed by atoms with van der Waals surface area (Å²) in [6.07, 6.45) is 3.86. The summed E-state index contributed by atoms with van der Waals surface area (Å²) in [7, 11) is 0. The Hall–Kier alpha value is -1.78. The minimum atomic E-state index is 0.121. The SMILES string of the molecule is CCC(CC)N(CC(C)C)c1nccc(C)c1/C(N)=N/O. The largest absolute Gasteiger partial charge is 0.409 e. The third-order valence-corrected chi connectivity index (χ3v) is 3.72. The lowest BCUT2D eigenvalue weighted by atomic mass is 10.0. The molecule has 0 bridgehead atoms. The van der Waals surface area contributed by atoms with Crippen LogP contribution in [0.5, 0.6) is 0 Å². The van der Waals surface area contributed by atoms with Crippen molar-refractivity contribution in [1.29, 1.82) is 0 Å². The molecule has 0 saturated carbocycles. The molecule has 1 rings (SSSR count). The van der Waals surface area contributed by atoms with Crippen molar-refractivity contribution in [2.75, 3.05) is 11.4 Å². The van der Waals surface area contributed by atoms with Crippen LogP contribution in [0.2, 0.25) is 0 Å². The normalized spacial score (nSPS) is 12.2. The monoisotopic (exact) mass is 292 g/mol. The summed E-state index contributed by atoms with van der Waals surface area (Å²) in [6.45, 7) is 11.6. The average Bonchev–Trinajstić information content (AvgIpc) is 2.46. The quantitative estimate of drug-likeness (QED) is 0.350. The zero-order valence-corrected chi connectivity index (χ0v) is 13.8. The van der Waals surface area contributed by atoms with Gasteiger partial charge in [0.25, 0.3) is 0 Å². The van der Waals surface area contributed by atoms with Gasteiger partial charge in [0.2, 0.25) is 0 Å². The third kappa shape index (κ3) is 4.09. The highest BCUT2D eigenvalue weighted by Gasteiger charge is 2.23.